The molecule has 7 heteroatoms. The molecule has 2 saturated carbocycles. The van der Waals surface area contributed by atoms with E-state index in [4.69, 9.17) is 9.47 Å². The zero-order valence-electron chi connectivity index (χ0n) is 22.9. The summed E-state index contributed by atoms with van der Waals surface area (Å²) in [7, 11) is 0. The summed E-state index contributed by atoms with van der Waals surface area (Å²) >= 11 is 0. The van der Waals surface area contributed by atoms with Crippen molar-refractivity contribution < 1.29 is 27.8 Å². The highest BCUT2D eigenvalue weighted by Crippen LogP contribution is 2.39. The second kappa shape index (κ2) is 15.2. The molecule has 3 rings (SSSR count). The van der Waals surface area contributed by atoms with E-state index >= 15 is 0 Å². The number of esters is 2. The first kappa shape index (κ1) is 30.1. The lowest BCUT2D eigenvalue weighted by atomic mass is 9.78. The van der Waals surface area contributed by atoms with Crippen molar-refractivity contribution in [1.29, 1.82) is 5.26 Å². The number of nitriles is 1. The van der Waals surface area contributed by atoms with Crippen LogP contribution in [-0.4, -0.2) is 36.5 Å². The molecular weight excluding hydrogens is 488 g/mol. The van der Waals surface area contributed by atoms with Gasteiger partial charge in [0.2, 0.25) is 0 Å². The molecule has 38 heavy (non-hydrogen) atoms. The van der Waals surface area contributed by atoms with E-state index in [9.17, 15) is 23.6 Å². The van der Waals surface area contributed by atoms with Gasteiger partial charge in [-0.2, -0.15) is 5.26 Å². The molecule has 2 fully saturated rings. The molecule has 0 heterocycles. The van der Waals surface area contributed by atoms with Crippen LogP contribution in [0.5, 0.6) is 0 Å². The van der Waals surface area contributed by atoms with Crippen molar-refractivity contribution in [3.63, 3.8) is 0 Å². The molecule has 2 unspecified atom stereocenters. The number of halogens is 2. The zero-order valence-corrected chi connectivity index (χ0v) is 22.9. The third-order valence-electron chi connectivity index (χ3n) is 8.16. The molecule has 0 saturated heterocycles. The van der Waals surface area contributed by atoms with Crippen molar-refractivity contribution in [3.8, 4) is 6.07 Å². The maximum atomic E-state index is 14.0. The monoisotopic (exact) mass is 531 g/mol. The Balaban J connectivity index is 1.49. The van der Waals surface area contributed by atoms with Crippen LogP contribution in [0.4, 0.5) is 8.78 Å². The lowest BCUT2D eigenvalue weighted by molar-refractivity contribution is -0.157. The Kier molecular flexibility index (Phi) is 12.0. The van der Waals surface area contributed by atoms with Crippen molar-refractivity contribution in [2.45, 2.75) is 140 Å². The quantitative estimate of drug-likeness (QED) is 0.258. The van der Waals surface area contributed by atoms with Crippen LogP contribution in [0, 0.1) is 11.3 Å². The number of unbranched alkanes of at least 4 members (excludes halogenated alkanes) is 2. The van der Waals surface area contributed by atoms with Crippen molar-refractivity contribution in [2.75, 3.05) is 0 Å². The van der Waals surface area contributed by atoms with Crippen LogP contribution >= 0.6 is 0 Å². The second-order valence-electron chi connectivity index (χ2n) is 11.0. The molecule has 0 aromatic heterocycles. The minimum Gasteiger partial charge on any atom is -0.460 e. The molecule has 0 N–H and O–H groups in total. The minimum absolute atomic E-state index is 0.214. The Bertz CT molecular complexity index is 946. The summed E-state index contributed by atoms with van der Waals surface area (Å²) in [5, 5.41) is 9.88. The number of carbonyl (C=O) groups is 2. The summed E-state index contributed by atoms with van der Waals surface area (Å²) in [6.45, 7) is 3.93. The van der Waals surface area contributed by atoms with Crippen molar-refractivity contribution in [1.82, 2.24) is 0 Å². The molecule has 0 aliphatic heterocycles. The summed E-state index contributed by atoms with van der Waals surface area (Å²) < 4.78 is 38.8. The standard InChI is InChI=1S/C31H43F2NO4/c1-3-5-7-28(32)30(35)37-25-14-9-21(10-15-25)23-13-18-27(24(19-23)20-34)22-11-16-26(17-12-22)38-31(36)29(33)8-6-4-2/h13,18-19,21-22,25-26,28-29H,3-12,14-17H2,1-2H3. The summed E-state index contributed by atoms with van der Waals surface area (Å²) in [5.74, 6) is -0.978. The van der Waals surface area contributed by atoms with Crippen molar-refractivity contribution in [2.24, 2.45) is 0 Å². The van der Waals surface area contributed by atoms with Crippen LogP contribution < -0.4 is 0 Å². The summed E-state index contributed by atoms with van der Waals surface area (Å²) in [4.78, 5) is 24.0. The van der Waals surface area contributed by atoms with E-state index in [0.717, 1.165) is 49.7 Å². The van der Waals surface area contributed by atoms with Gasteiger partial charge in [-0.1, -0.05) is 51.7 Å². The summed E-state index contributed by atoms with van der Waals surface area (Å²) in [6, 6.07) is 8.51. The number of carbonyl (C=O) groups excluding carboxylic acids is 2. The number of nitrogens with zero attached hydrogens (tertiary/aromatic N) is 1. The predicted octanol–water partition coefficient (Wildman–Crippen LogP) is 7.75. The van der Waals surface area contributed by atoms with Gasteiger partial charge in [0.25, 0.3) is 0 Å². The van der Waals surface area contributed by atoms with E-state index < -0.39 is 24.3 Å². The van der Waals surface area contributed by atoms with Crippen LogP contribution in [0.3, 0.4) is 0 Å². The molecule has 2 atom stereocenters. The van der Waals surface area contributed by atoms with E-state index in [1.54, 1.807) is 0 Å². The maximum absolute atomic E-state index is 14.0. The van der Waals surface area contributed by atoms with Crippen LogP contribution in [0.2, 0.25) is 0 Å². The van der Waals surface area contributed by atoms with Gasteiger partial charge < -0.3 is 9.47 Å². The number of benzene rings is 1. The number of ether oxygens (including phenoxy) is 2. The lowest BCUT2D eigenvalue weighted by Crippen LogP contribution is -2.29. The predicted molar refractivity (Wildman–Crippen MR) is 142 cm³/mol. The lowest BCUT2D eigenvalue weighted by Gasteiger charge is -2.31. The number of hydrogen-bond acceptors (Lipinski definition) is 5. The Morgan fingerprint density at radius 2 is 1.32 bits per heavy atom. The molecular formula is C31H43F2NO4. The van der Waals surface area contributed by atoms with Gasteiger partial charge in [-0.05, 0) is 93.2 Å². The van der Waals surface area contributed by atoms with Gasteiger partial charge >= 0.3 is 11.9 Å². The summed E-state index contributed by atoms with van der Waals surface area (Å²) in [6.07, 6.45) is 5.88. The first-order valence-corrected chi connectivity index (χ1v) is 14.6. The van der Waals surface area contributed by atoms with Gasteiger partial charge in [-0.15, -0.1) is 0 Å². The van der Waals surface area contributed by atoms with Gasteiger partial charge in [0.1, 0.15) is 12.2 Å². The van der Waals surface area contributed by atoms with E-state index in [1.165, 1.54) is 0 Å². The third kappa shape index (κ3) is 8.51. The first-order chi connectivity index (χ1) is 18.4. The van der Waals surface area contributed by atoms with E-state index in [2.05, 4.69) is 18.2 Å². The highest BCUT2D eigenvalue weighted by Gasteiger charge is 2.31. The Labute approximate surface area is 226 Å². The van der Waals surface area contributed by atoms with Crippen molar-refractivity contribution in [3.05, 3.63) is 34.9 Å². The zero-order chi connectivity index (χ0) is 27.5. The fraction of sp³-hybridized carbons (Fsp3) is 0.710. The van der Waals surface area contributed by atoms with Gasteiger partial charge in [0.15, 0.2) is 12.3 Å². The molecule has 2 aliphatic rings. The Hall–Kier alpha value is -2.49. The van der Waals surface area contributed by atoms with Gasteiger partial charge in [-0.3, -0.25) is 0 Å². The van der Waals surface area contributed by atoms with Crippen molar-refractivity contribution >= 4 is 11.9 Å². The maximum Gasteiger partial charge on any atom is 0.340 e. The molecule has 210 valence electrons. The number of rotatable bonds is 12. The van der Waals surface area contributed by atoms with E-state index in [-0.39, 0.29) is 36.9 Å². The van der Waals surface area contributed by atoms with E-state index in [1.807, 2.05) is 19.9 Å². The number of alkyl halides is 2. The van der Waals surface area contributed by atoms with Gasteiger partial charge in [-0.25, -0.2) is 18.4 Å². The first-order valence-electron chi connectivity index (χ1n) is 14.6. The highest BCUT2D eigenvalue weighted by molar-refractivity contribution is 5.75. The molecule has 1 aromatic carbocycles. The highest BCUT2D eigenvalue weighted by atomic mass is 19.1. The van der Waals surface area contributed by atoms with Gasteiger partial charge in [0.05, 0.1) is 11.6 Å². The SMILES string of the molecule is CCCCC(F)C(=O)OC1CCC(c2ccc(C3CCC(OC(=O)C(F)CCCC)CC3)c(C#N)c2)CC1. The van der Waals surface area contributed by atoms with E-state index in [0.29, 0.717) is 44.1 Å². The third-order valence-corrected chi connectivity index (χ3v) is 8.16. The smallest absolute Gasteiger partial charge is 0.340 e. The fourth-order valence-electron chi connectivity index (χ4n) is 5.76. The average molecular weight is 532 g/mol. The normalized spacial score (nSPS) is 25.1. The van der Waals surface area contributed by atoms with Crippen LogP contribution in [0.15, 0.2) is 18.2 Å². The topological polar surface area (TPSA) is 76.4 Å². The molecule has 0 spiro atoms. The average Bonchev–Trinajstić information content (AvgIpc) is 2.95. The van der Waals surface area contributed by atoms with Crippen LogP contribution in [-0.2, 0) is 19.1 Å². The fourth-order valence-corrected chi connectivity index (χ4v) is 5.76. The van der Waals surface area contributed by atoms with Crippen LogP contribution in [0.25, 0.3) is 0 Å². The molecule has 0 radical (unpaired) electrons. The summed E-state index contributed by atoms with van der Waals surface area (Å²) in [5.41, 5.74) is 2.82. The van der Waals surface area contributed by atoms with Crippen LogP contribution in [0.1, 0.15) is 132 Å². The molecule has 1 aromatic rings. The Morgan fingerprint density at radius 1 is 0.842 bits per heavy atom. The molecule has 0 amide bonds. The molecule has 5 nitrogen and oxygen atoms in total. The second-order valence-corrected chi connectivity index (χ2v) is 11.0. The number of hydrogen-bond donors (Lipinski definition) is 0. The molecule has 2 aliphatic carbocycles. The molecule has 0 bridgehead atoms. The van der Waals surface area contributed by atoms with Gasteiger partial charge in [0, 0.05) is 0 Å². The Morgan fingerprint density at radius 3 is 1.76 bits per heavy atom. The minimum atomic E-state index is -1.54. The largest absolute Gasteiger partial charge is 0.460 e.